The maximum Gasteiger partial charge on any atom is -0.00205 e. The summed E-state index contributed by atoms with van der Waals surface area (Å²) in [6.45, 7) is 10.4. The summed E-state index contributed by atoms with van der Waals surface area (Å²) in [5, 5.41) is 0. The highest BCUT2D eigenvalue weighted by molar-refractivity contribution is 4.89. The molecule has 0 aromatic carbocycles. The second-order valence-electron chi connectivity index (χ2n) is 6.62. The Bertz CT molecular complexity index is 211. The van der Waals surface area contributed by atoms with Gasteiger partial charge in [-0.3, -0.25) is 0 Å². The normalized spacial score (nSPS) is 36.4. The first kappa shape index (κ1) is 14.0. The molecule has 1 fully saturated rings. The zero-order chi connectivity index (χ0) is 12.2. The molecule has 0 heterocycles. The topological polar surface area (TPSA) is 26.0 Å². The molecule has 1 heteroatoms. The van der Waals surface area contributed by atoms with E-state index in [4.69, 9.17) is 5.73 Å². The quantitative estimate of drug-likeness (QED) is 0.707. The predicted octanol–water partition coefficient (Wildman–Crippen LogP) is 4.36. The average molecular weight is 225 g/mol. The van der Waals surface area contributed by atoms with Gasteiger partial charge in [-0.1, -0.05) is 40.5 Å². The summed E-state index contributed by atoms with van der Waals surface area (Å²) in [5.74, 6) is 0.808. The van der Waals surface area contributed by atoms with E-state index >= 15 is 0 Å². The van der Waals surface area contributed by atoms with Gasteiger partial charge in [0, 0.05) is 0 Å². The summed E-state index contributed by atoms with van der Waals surface area (Å²) in [7, 11) is 0. The standard InChI is InChI=1S/C15H31N/c1-5-7-15(12-16)9-6-8-14(4,10-11-15)13(2)3/h13H,5-12,16H2,1-4H3. The molecule has 2 unspecified atom stereocenters. The van der Waals surface area contributed by atoms with Crippen LogP contribution >= 0.6 is 0 Å². The van der Waals surface area contributed by atoms with E-state index in [2.05, 4.69) is 27.7 Å². The highest BCUT2D eigenvalue weighted by Crippen LogP contribution is 2.47. The SMILES string of the molecule is CCCC1(CN)CCCC(C)(C(C)C)CC1. The van der Waals surface area contributed by atoms with Gasteiger partial charge >= 0.3 is 0 Å². The van der Waals surface area contributed by atoms with Gasteiger partial charge in [0.05, 0.1) is 0 Å². The Balaban J connectivity index is 2.70. The Morgan fingerprint density at radius 3 is 2.31 bits per heavy atom. The third kappa shape index (κ3) is 3.00. The fourth-order valence-electron chi connectivity index (χ4n) is 3.33. The predicted molar refractivity (Wildman–Crippen MR) is 72.4 cm³/mol. The third-order valence-electron chi connectivity index (χ3n) is 5.29. The molecule has 0 aromatic heterocycles. The van der Waals surface area contributed by atoms with Crippen LogP contribution in [0.4, 0.5) is 0 Å². The molecule has 1 aliphatic rings. The van der Waals surface area contributed by atoms with E-state index in [1.165, 1.54) is 44.9 Å². The van der Waals surface area contributed by atoms with Gasteiger partial charge in [0.2, 0.25) is 0 Å². The second kappa shape index (κ2) is 5.53. The summed E-state index contributed by atoms with van der Waals surface area (Å²) in [6, 6.07) is 0. The molecule has 1 aliphatic carbocycles. The Morgan fingerprint density at radius 1 is 1.12 bits per heavy atom. The van der Waals surface area contributed by atoms with Gasteiger partial charge in [-0.05, 0) is 55.4 Å². The van der Waals surface area contributed by atoms with Gasteiger partial charge in [-0.25, -0.2) is 0 Å². The molecular weight excluding hydrogens is 194 g/mol. The van der Waals surface area contributed by atoms with Crippen LogP contribution in [-0.2, 0) is 0 Å². The Labute approximate surface area is 102 Å². The summed E-state index contributed by atoms with van der Waals surface area (Å²) < 4.78 is 0. The van der Waals surface area contributed by atoms with Crippen LogP contribution in [0.15, 0.2) is 0 Å². The highest BCUT2D eigenvalue weighted by atomic mass is 14.6. The zero-order valence-electron chi connectivity index (χ0n) is 11.8. The van der Waals surface area contributed by atoms with Gasteiger partial charge in [0.15, 0.2) is 0 Å². The zero-order valence-corrected chi connectivity index (χ0v) is 11.8. The molecule has 0 radical (unpaired) electrons. The maximum absolute atomic E-state index is 6.06. The molecule has 1 nitrogen and oxygen atoms in total. The van der Waals surface area contributed by atoms with E-state index in [1.807, 2.05) is 0 Å². The lowest BCUT2D eigenvalue weighted by Gasteiger charge is -2.35. The fourth-order valence-corrected chi connectivity index (χ4v) is 3.33. The lowest BCUT2D eigenvalue weighted by atomic mass is 9.71. The van der Waals surface area contributed by atoms with Crippen LogP contribution < -0.4 is 5.73 Å². The van der Waals surface area contributed by atoms with Crippen molar-refractivity contribution in [2.75, 3.05) is 6.54 Å². The molecule has 16 heavy (non-hydrogen) atoms. The smallest absolute Gasteiger partial charge is 0.00205 e. The van der Waals surface area contributed by atoms with Gasteiger partial charge in [0.25, 0.3) is 0 Å². The van der Waals surface area contributed by atoms with Gasteiger partial charge < -0.3 is 5.73 Å². The monoisotopic (exact) mass is 225 g/mol. The lowest BCUT2D eigenvalue weighted by molar-refractivity contribution is 0.166. The first-order valence-electron chi connectivity index (χ1n) is 7.18. The number of hydrogen-bond acceptors (Lipinski definition) is 1. The van der Waals surface area contributed by atoms with Crippen molar-refractivity contribution in [2.45, 2.75) is 72.6 Å². The minimum absolute atomic E-state index is 0.474. The van der Waals surface area contributed by atoms with Crippen molar-refractivity contribution in [3.8, 4) is 0 Å². The van der Waals surface area contributed by atoms with Gasteiger partial charge in [-0.2, -0.15) is 0 Å². The van der Waals surface area contributed by atoms with Crippen LogP contribution in [-0.4, -0.2) is 6.54 Å². The second-order valence-corrected chi connectivity index (χ2v) is 6.62. The van der Waals surface area contributed by atoms with Crippen LogP contribution in [0.1, 0.15) is 72.6 Å². The molecule has 0 amide bonds. The van der Waals surface area contributed by atoms with Crippen LogP contribution in [0.5, 0.6) is 0 Å². The van der Waals surface area contributed by atoms with E-state index in [-0.39, 0.29) is 0 Å². The molecule has 2 N–H and O–H groups in total. The van der Waals surface area contributed by atoms with E-state index in [0.717, 1.165) is 12.5 Å². The molecule has 2 atom stereocenters. The minimum atomic E-state index is 0.474. The van der Waals surface area contributed by atoms with Crippen LogP contribution in [0, 0.1) is 16.7 Å². The highest BCUT2D eigenvalue weighted by Gasteiger charge is 2.37. The Hall–Kier alpha value is -0.0400. The van der Waals surface area contributed by atoms with Gasteiger partial charge in [-0.15, -0.1) is 0 Å². The van der Waals surface area contributed by atoms with Crippen molar-refractivity contribution in [3.05, 3.63) is 0 Å². The van der Waals surface area contributed by atoms with Crippen molar-refractivity contribution >= 4 is 0 Å². The summed E-state index contributed by atoms with van der Waals surface area (Å²) >= 11 is 0. The Kier molecular flexibility index (Phi) is 4.85. The van der Waals surface area contributed by atoms with Crippen molar-refractivity contribution in [1.82, 2.24) is 0 Å². The molecule has 0 aliphatic heterocycles. The number of rotatable bonds is 4. The minimum Gasteiger partial charge on any atom is -0.330 e. The van der Waals surface area contributed by atoms with E-state index < -0.39 is 0 Å². The van der Waals surface area contributed by atoms with Crippen molar-refractivity contribution in [3.63, 3.8) is 0 Å². The molecule has 0 spiro atoms. The molecule has 0 aromatic rings. The largest absolute Gasteiger partial charge is 0.330 e. The van der Waals surface area contributed by atoms with Crippen LogP contribution in [0.3, 0.4) is 0 Å². The van der Waals surface area contributed by atoms with Crippen molar-refractivity contribution in [1.29, 1.82) is 0 Å². The lowest BCUT2D eigenvalue weighted by Crippen LogP contribution is -2.30. The molecule has 1 saturated carbocycles. The molecule has 0 bridgehead atoms. The first-order valence-corrected chi connectivity index (χ1v) is 7.18. The van der Waals surface area contributed by atoms with E-state index in [1.54, 1.807) is 0 Å². The maximum atomic E-state index is 6.06. The Morgan fingerprint density at radius 2 is 1.81 bits per heavy atom. The first-order chi connectivity index (χ1) is 7.48. The van der Waals surface area contributed by atoms with Crippen molar-refractivity contribution < 1.29 is 0 Å². The summed E-state index contributed by atoms with van der Waals surface area (Å²) in [6.07, 6.45) is 9.49. The molecular formula is C15H31N. The molecule has 96 valence electrons. The summed E-state index contributed by atoms with van der Waals surface area (Å²) in [4.78, 5) is 0. The van der Waals surface area contributed by atoms with Crippen LogP contribution in [0.2, 0.25) is 0 Å². The van der Waals surface area contributed by atoms with Crippen LogP contribution in [0.25, 0.3) is 0 Å². The third-order valence-corrected chi connectivity index (χ3v) is 5.29. The molecule has 0 saturated heterocycles. The average Bonchev–Trinajstić information content (AvgIpc) is 2.41. The van der Waals surface area contributed by atoms with Crippen molar-refractivity contribution in [2.24, 2.45) is 22.5 Å². The van der Waals surface area contributed by atoms with E-state index in [9.17, 15) is 0 Å². The molecule has 1 rings (SSSR count). The fraction of sp³-hybridized carbons (Fsp3) is 1.00. The summed E-state index contributed by atoms with van der Waals surface area (Å²) in [5.41, 5.74) is 7.09. The number of nitrogens with two attached hydrogens (primary N) is 1. The van der Waals surface area contributed by atoms with Gasteiger partial charge in [0.1, 0.15) is 0 Å². The number of hydrogen-bond donors (Lipinski definition) is 1. The van der Waals surface area contributed by atoms with E-state index in [0.29, 0.717) is 10.8 Å².